The van der Waals surface area contributed by atoms with Crippen molar-refractivity contribution < 1.29 is 9.90 Å². The van der Waals surface area contributed by atoms with Gasteiger partial charge in [-0.3, -0.25) is 4.79 Å². The standard InChI is InChI=1S/C18H21N3O2/c22-12-9-14-3-6-16(7-4-14)20-18(23)15-5-8-17(19-13-15)21-10-1-2-11-21/h3-8,13,22H,1-2,9-12H2,(H,20,23). The Kier molecular flexibility index (Phi) is 4.88. The third-order valence-corrected chi connectivity index (χ3v) is 4.05. The molecule has 1 aliphatic heterocycles. The van der Waals surface area contributed by atoms with E-state index >= 15 is 0 Å². The summed E-state index contributed by atoms with van der Waals surface area (Å²) in [4.78, 5) is 18.9. The lowest BCUT2D eigenvalue weighted by Crippen LogP contribution is -2.19. The molecule has 5 heteroatoms. The lowest BCUT2D eigenvalue weighted by molar-refractivity contribution is 0.102. The molecule has 0 spiro atoms. The quantitative estimate of drug-likeness (QED) is 0.890. The second kappa shape index (κ2) is 7.24. The molecule has 3 rings (SSSR count). The fraction of sp³-hybridized carbons (Fsp3) is 0.333. The second-order valence-electron chi connectivity index (χ2n) is 5.72. The Bertz CT molecular complexity index is 647. The van der Waals surface area contributed by atoms with E-state index in [0.717, 1.165) is 30.2 Å². The second-order valence-corrected chi connectivity index (χ2v) is 5.72. The zero-order valence-corrected chi connectivity index (χ0v) is 13.0. The Labute approximate surface area is 136 Å². The van der Waals surface area contributed by atoms with Crippen molar-refractivity contribution in [2.45, 2.75) is 19.3 Å². The van der Waals surface area contributed by atoms with Crippen LogP contribution in [0.2, 0.25) is 0 Å². The van der Waals surface area contributed by atoms with E-state index in [2.05, 4.69) is 15.2 Å². The summed E-state index contributed by atoms with van der Waals surface area (Å²) in [5, 5.41) is 11.8. The summed E-state index contributed by atoms with van der Waals surface area (Å²) in [5.41, 5.74) is 2.33. The van der Waals surface area contributed by atoms with Crippen LogP contribution in [0.1, 0.15) is 28.8 Å². The molecule has 0 saturated carbocycles. The van der Waals surface area contributed by atoms with Gasteiger partial charge in [-0.05, 0) is 49.1 Å². The summed E-state index contributed by atoms with van der Waals surface area (Å²) in [6.45, 7) is 2.21. The summed E-state index contributed by atoms with van der Waals surface area (Å²) >= 11 is 0. The van der Waals surface area contributed by atoms with Crippen LogP contribution in [0.5, 0.6) is 0 Å². The topological polar surface area (TPSA) is 65.5 Å². The molecule has 1 fully saturated rings. The number of nitrogens with zero attached hydrogens (tertiary/aromatic N) is 2. The molecule has 0 bridgehead atoms. The number of carbonyl (C=O) groups excluding carboxylic acids is 1. The van der Waals surface area contributed by atoms with Crippen molar-refractivity contribution in [1.82, 2.24) is 4.98 Å². The Morgan fingerprint density at radius 3 is 2.48 bits per heavy atom. The van der Waals surface area contributed by atoms with Crippen LogP contribution in [0.3, 0.4) is 0 Å². The monoisotopic (exact) mass is 311 g/mol. The van der Waals surface area contributed by atoms with Gasteiger partial charge in [0, 0.05) is 31.6 Å². The summed E-state index contributed by atoms with van der Waals surface area (Å²) in [6, 6.07) is 11.2. The van der Waals surface area contributed by atoms with Crippen LogP contribution in [0.4, 0.5) is 11.5 Å². The van der Waals surface area contributed by atoms with E-state index in [1.807, 2.05) is 36.4 Å². The van der Waals surface area contributed by atoms with Crippen molar-refractivity contribution in [3.63, 3.8) is 0 Å². The first kappa shape index (κ1) is 15.5. The highest BCUT2D eigenvalue weighted by Crippen LogP contribution is 2.18. The number of hydrogen-bond acceptors (Lipinski definition) is 4. The number of pyridine rings is 1. The van der Waals surface area contributed by atoms with Gasteiger partial charge in [-0.25, -0.2) is 4.98 Å². The molecule has 1 saturated heterocycles. The van der Waals surface area contributed by atoms with Crippen molar-refractivity contribution in [2.75, 3.05) is 29.9 Å². The molecule has 23 heavy (non-hydrogen) atoms. The molecule has 1 aromatic carbocycles. The number of aliphatic hydroxyl groups is 1. The van der Waals surface area contributed by atoms with Crippen LogP contribution in [0.25, 0.3) is 0 Å². The number of benzene rings is 1. The zero-order valence-electron chi connectivity index (χ0n) is 13.0. The predicted molar refractivity (Wildman–Crippen MR) is 90.9 cm³/mol. The summed E-state index contributed by atoms with van der Waals surface area (Å²) in [6.07, 6.45) is 4.66. The highest BCUT2D eigenvalue weighted by molar-refractivity contribution is 6.04. The maximum Gasteiger partial charge on any atom is 0.257 e. The average molecular weight is 311 g/mol. The lowest BCUT2D eigenvalue weighted by atomic mass is 10.1. The molecule has 0 aliphatic carbocycles. The number of rotatable bonds is 5. The van der Waals surface area contributed by atoms with Crippen LogP contribution >= 0.6 is 0 Å². The number of aromatic nitrogens is 1. The third kappa shape index (κ3) is 3.87. The van der Waals surface area contributed by atoms with E-state index in [-0.39, 0.29) is 12.5 Å². The first-order chi connectivity index (χ1) is 11.3. The Morgan fingerprint density at radius 1 is 1.13 bits per heavy atom. The fourth-order valence-electron chi connectivity index (χ4n) is 2.74. The molecular weight excluding hydrogens is 290 g/mol. The van der Waals surface area contributed by atoms with Crippen LogP contribution in [-0.4, -0.2) is 35.7 Å². The van der Waals surface area contributed by atoms with Gasteiger partial charge in [-0.15, -0.1) is 0 Å². The molecule has 1 aromatic heterocycles. The maximum absolute atomic E-state index is 12.3. The molecular formula is C18H21N3O2. The molecule has 120 valence electrons. The van der Waals surface area contributed by atoms with Gasteiger partial charge < -0.3 is 15.3 Å². The van der Waals surface area contributed by atoms with Crippen molar-refractivity contribution in [2.24, 2.45) is 0 Å². The van der Waals surface area contributed by atoms with Crippen molar-refractivity contribution in [1.29, 1.82) is 0 Å². The highest BCUT2D eigenvalue weighted by atomic mass is 16.3. The first-order valence-electron chi connectivity index (χ1n) is 7.98. The van der Waals surface area contributed by atoms with Crippen LogP contribution < -0.4 is 10.2 Å². The average Bonchev–Trinajstić information content (AvgIpc) is 3.11. The van der Waals surface area contributed by atoms with Gasteiger partial charge in [-0.2, -0.15) is 0 Å². The number of carbonyl (C=O) groups is 1. The van der Waals surface area contributed by atoms with Gasteiger partial charge in [0.2, 0.25) is 0 Å². The lowest BCUT2D eigenvalue weighted by Gasteiger charge is -2.16. The van der Waals surface area contributed by atoms with E-state index in [9.17, 15) is 4.79 Å². The minimum Gasteiger partial charge on any atom is -0.396 e. The van der Waals surface area contributed by atoms with Crippen molar-refractivity contribution in [3.8, 4) is 0 Å². The highest BCUT2D eigenvalue weighted by Gasteiger charge is 2.14. The number of aliphatic hydroxyl groups excluding tert-OH is 1. The summed E-state index contributed by atoms with van der Waals surface area (Å²) in [7, 11) is 0. The SMILES string of the molecule is O=C(Nc1ccc(CCO)cc1)c1ccc(N2CCCC2)nc1. The van der Waals surface area contributed by atoms with E-state index in [0.29, 0.717) is 12.0 Å². The van der Waals surface area contributed by atoms with Crippen LogP contribution in [-0.2, 0) is 6.42 Å². The van der Waals surface area contributed by atoms with Crippen LogP contribution in [0.15, 0.2) is 42.6 Å². The number of nitrogens with one attached hydrogen (secondary N) is 1. The van der Waals surface area contributed by atoms with Crippen LogP contribution in [0, 0.1) is 0 Å². The molecule has 1 aliphatic rings. The molecule has 2 heterocycles. The molecule has 0 atom stereocenters. The van der Waals surface area contributed by atoms with Gasteiger partial charge in [-0.1, -0.05) is 12.1 Å². The normalized spacial score (nSPS) is 14.0. The molecule has 1 amide bonds. The van der Waals surface area contributed by atoms with Gasteiger partial charge in [0.15, 0.2) is 0 Å². The van der Waals surface area contributed by atoms with E-state index in [4.69, 9.17) is 5.11 Å². The number of anilines is 2. The van der Waals surface area contributed by atoms with Gasteiger partial charge in [0.25, 0.3) is 5.91 Å². The molecule has 0 unspecified atom stereocenters. The van der Waals surface area contributed by atoms with Crippen molar-refractivity contribution in [3.05, 3.63) is 53.7 Å². The smallest absolute Gasteiger partial charge is 0.257 e. The minimum atomic E-state index is -0.166. The largest absolute Gasteiger partial charge is 0.396 e. The van der Waals surface area contributed by atoms with Crippen molar-refractivity contribution >= 4 is 17.4 Å². The third-order valence-electron chi connectivity index (χ3n) is 4.05. The Balaban J connectivity index is 1.63. The summed E-state index contributed by atoms with van der Waals surface area (Å²) in [5.74, 6) is 0.771. The predicted octanol–water partition coefficient (Wildman–Crippen LogP) is 2.47. The van der Waals surface area contributed by atoms with E-state index < -0.39 is 0 Å². The Morgan fingerprint density at radius 2 is 1.87 bits per heavy atom. The number of amides is 1. The Hall–Kier alpha value is -2.40. The molecule has 5 nitrogen and oxygen atoms in total. The number of hydrogen-bond donors (Lipinski definition) is 2. The van der Waals surface area contributed by atoms with Gasteiger partial charge in [0.05, 0.1) is 5.56 Å². The van der Waals surface area contributed by atoms with E-state index in [1.165, 1.54) is 12.8 Å². The van der Waals surface area contributed by atoms with Gasteiger partial charge >= 0.3 is 0 Å². The minimum absolute atomic E-state index is 0.126. The fourth-order valence-corrected chi connectivity index (χ4v) is 2.74. The molecule has 0 radical (unpaired) electrons. The summed E-state index contributed by atoms with van der Waals surface area (Å²) < 4.78 is 0. The molecule has 2 aromatic rings. The first-order valence-corrected chi connectivity index (χ1v) is 7.98. The maximum atomic E-state index is 12.3. The molecule has 2 N–H and O–H groups in total. The zero-order chi connectivity index (χ0) is 16.1. The van der Waals surface area contributed by atoms with Gasteiger partial charge in [0.1, 0.15) is 5.82 Å². The van der Waals surface area contributed by atoms with E-state index in [1.54, 1.807) is 6.20 Å².